The predicted octanol–water partition coefficient (Wildman–Crippen LogP) is 4.65. The first-order chi connectivity index (χ1) is 16.1. The summed E-state index contributed by atoms with van der Waals surface area (Å²) in [5.41, 5.74) is 0.109. The molecule has 0 radical (unpaired) electrons. The lowest BCUT2D eigenvalue weighted by Crippen LogP contribution is -2.40. The number of nitrogens with zero attached hydrogens (tertiary/aromatic N) is 3. The lowest BCUT2D eigenvalue weighted by atomic mass is 9.95. The molecule has 0 spiro atoms. The molecule has 0 aliphatic carbocycles. The van der Waals surface area contributed by atoms with Gasteiger partial charge in [0.05, 0.1) is 16.3 Å². The maximum absolute atomic E-state index is 12.8. The Morgan fingerprint density at radius 2 is 1.68 bits per heavy atom. The van der Waals surface area contributed by atoms with Crippen molar-refractivity contribution in [1.29, 1.82) is 0 Å². The van der Waals surface area contributed by atoms with Crippen LogP contribution in [0.4, 0.5) is 30.4 Å². The number of hydrogen-bond donors (Lipinski definition) is 1. The molecule has 0 atom stereocenters. The maximum atomic E-state index is 12.8. The van der Waals surface area contributed by atoms with E-state index >= 15 is 0 Å². The number of halogens is 4. The number of imide groups is 1. The van der Waals surface area contributed by atoms with Crippen LogP contribution in [0, 0.1) is 5.92 Å². The zero-order chi connectivity index (χ0) is 24.5. The molecular weight excluding hydrogens is 473 g/mol. The lowest BCUT2D eigenvalue weighted by Gasteiger charge is -2.32. The van der Waals surface area contributed by atoms with Gasteiger partial charge in [0.25, 0.3) is 0 Å². The number of aromatic nitrogens is 1. The van der Waals surface area contributed by atoms with Crippen molar-refractivity contribution in [2.75, 3.05) is 28.2 Å². The molecular formula is C23H22ClF3N4O3. The molecule has 7 nitrogen and oxygen atoms in total. The van der Waals surface area contributed by atoms with E-state index in [0.717, 1.165) is 12.3 Å². The molecule has 1 aromatic heterocycles. The zero-order valence-electron chi connectivity index (χ0n) is 18.1. The summed E-state index contributed by atoms with van der Waals surface area (Å²) in [6.45, 7) is 0.850. The summed E-state index contributed by atoms with van der Waals surface area (Å²) in [5, 5.41) is 2.76. The Balaban J connectivity index is 1.33. The van der Waals surface area contributed by atoms with Crippen molar-refractivity contribution >= 4 is 46.5 Å². The van der Waals surface area contributed by atoms with Crippen LogP contribution in [0.2, 0.25) is 5.02 Å². The quantitative estimate of drug-likeness (QED) is 0.625. The fourth-order valence-corrected chi connectivity index (χ4v) is 4.44. The van der Waals surface area contributed by atoms with Crippen molar-refractivity contribution in [3.63, 3.8) is 0 Å². The molecule has 1 aromatic carbocycles. The third kappa shape index (κ3) is 5.16. The van der Waals surface area contributed by atoms with Crippen LogP contribution in [0.1, 0.15) is 37.7 Å². The van der Waals surface area contributed by atoms with Crippen LogP contribution in [0.25, 0.3) is 0 Å². The largest absolute Gasteiger partial charge is 0.417 e. The van der Waals surface area contributed by atoms with Gasteiger partial charge in [0, 0.05) is 43.7 Å². The molecule has 4 rings (SSSR count). The maximum Gasteiger partial charge on any atom is 0.417 e. The van der Waals surface area contributed by atoms with Gasteiger partial charge < -0.3 is 10.2 Å². The van der Waals surface area contributed by atoms with E-state index in [1.807, 2.05) is 0 Å². The number of rotatable bonds is 4. The van der Waals surface area contributed by atoms with E-state index in [2.05, 4.69) is 10.3 Å². The number of benzene rings is 1. The standard InChI is InChI=1S/C23H22ClF3N4O3/c24-18-12-15(23(25,26)27)13-28-21(18)30-10-8-14(9-11-30)22(34)29-16-4-6-17(7-5-16)31-19(32)2-1-3-20(31)33/h4-7,12-14H,1-3,8-11H2,(H,29,34). The third-order valence-electron chi connectivity index (χ3n) is 5.99. The number of pyridine rings is 1. The van der Waals surface area contributed by atoms with Gasteiger partial charge in [-0.1, -0.05) is 11.6 Å². The van der Waals surface area contributed by atoms with E-state index in [1.54, 1.807) is 29.2 Å². The van der Waals surface area contributed by atoms with E-state index in [1.165, 1.54) is 4.90 Å². The first kappa shape index (κ1) is 24.0. The summed E-state index contributed by atoms with van der Waals surface area (Å²) in [6.07, 6.45) is -1.57. The molecule has 2 fully saturated rings. The molecule has 11 heteroatoms. The smallest absolute Gasteiger partial charge is 0.355 e. The van der Waals surface area contributed by atoms with Crippen LogP contribution in [0.15, 0.2) is 36.5 Å². The van der Waals surface area contributed by atoms with Crippen molar-refractivity contribution in [2.24, 2.45) is 5.92 Å². The number of anilines is 3. The average Bonchev–Trinajstić information content (AvgIpc) is 2.79. The van der Waals surface area contributed by atoms with Gasteiger partial charge in [0.1, 0.15) is 5.82 Å². The molecule has 3 amide bonds. The molecule has 2 aliphatic heterocycles. The van der Waals surface area contributed by atoms with Gasteiger partial charge in [0.15, 0.2) is 0 Å². The summed E-state index contributed by atoms with van der Waals surface area (Å²) in [5.74, 6) is -0.658. The van der Waals surface area contributed by atoms with Crippen LogP contribution in [-0.4, -0.2) is 35.8 Å². The predicted molar refractivity (Wildman–Crippen MR) is 121 cm³/mol. The number of nitrogens with one attached hydrogen (secondary N) is 1. The number of amides is 3. The monoisotopic (exact) mass is 494 g/mol. The molecule has 0 bridgehead atoms. The molecule has 2 saturated heterocycles. The van der Waals surface area contributed by atoms with E-state index in [4.69, 9.17) is 11.6 Å². The molecule has 34 heavy (non-hydrogen) atoms. The highest BCUT2D eigenvalue weighted by Crippen LogP contribution is 2.35. The second-order valence-corrected chi connectivity index (χ2v) is 8.71. The topological polar surface area (TPSA) is 82.6 Å². The third-order valence-corrected chi connectivity index (χ3v) is 6.27. The van der Waals surface area contributed by atoms with Gasteiger partial charge >= 0.3 is 6.18 Å². The molecule has 0 saturated carbocycles. The molecule has 2 aromatic rings. The molecule has 1 N–H and O–H groups in total. The lowest BCUT2D eigenvalue weighted by molar-refractivity contribution is -0.138. The Bertz CT molecular complexity index is 1080. The Hall–Kier alpha value is -3.14. The van der Waals surface area contributed by atoms with Gasteiger partial charge in [-0.15, -0.1) is 0 Å². The Morgan fingerprint density at radius 3 is 2.24 bits per heavy atom. The average molecular weight is 495 g/mol. The highest BCUT2D eigenvalue weighted by molar-refractivity contribution is 6.33. The fraction of sp³-hybridized carbons (Fsp3) is 0.391. The van der Waals surface area contributed by atoms with E-state index in [9.17, 15) is 27.6 Å². The van der Waals surface area contributed by atoms with Gasteiger partial charge in [-0.2, -0.15) is 13.2 Å². The number of hydrogen-bond acceptors (Lipinski definition) is 5. The van der Waals surface area contributed by atoms with Crippen LogP contribution in [0.3, 0.4) is 0 Å². The number of carbonyl (C=O) groups is 3. The molecule has 2 aliphatic rings. The fourth-order valence-electron chi connectivity index (χ4n) is 4.15. The summed E-state index contributed by atoms with van der Waals surface area (Å²) < 4.78 is 38.5. The van der Waals surface area contributed by atoms with Gasteiger partial charge in [-0.3, -0.25) is 19.3 Å². The number of alkyl halides is 3. The van der Waals surface area contributed by atoms with Crippen molar-refractivity contribution in [1.82, 2.24) is 4.98 Å². The minimum Gasteiger partial charge on any atom is -0.355 e. The molecule has 0 unspecified atom stereocenters. The second-order valence-electron chi connectivity index (χ2n) is 8.30. The van der Waals surface area contributed by atoms with Crippen LogP contribution in [0.5, 0.6) is 0 Å². The van der Waals surface area contributed by atoms with Crippen molar-refractivity contribution < 1.29 is 27.6 Å². The number of carbonyl (C=O) groups excluding carboxylic acids is 3. The van der Waals surface area contributed by atoms with E-state index < -0.39 is 11.7 Å². The van der Waals surface area contributed by atoms with Crippen molar-refractivity contribution in [2.45, 2.75) is 38.3 Å². The first-order valence-corrected chi connectivity index (χ1v) is 11.3. The normalized spacial score (nSPS) is 17.8. The highest BCUT2D eigenvalue weighted by Gasteiger charge is 2.33. The summed E-state index contributed by atoms with van der Waals surface area (Å²) in [7, 11) is 0. The molecule has 180 valence electrons. The minimum absolute atomic E-state index is 0.0801. The van der Waals surface area contributed by atoms with Crippen LogP contribution >= 0.6 is 11.6 Å². The Kier molecular flexibility index (Phi) is 6.79. The Labute approximate surface area is 198 Å². The Morgan fingerprint density at radius 1 is 1.06 bits per heavy atom. The molecule has 3 heterocycles. The first-order valence-electron chi connectivity index (χ1n) is 10.9. The number of piperidine rings is 2. The highest BCUT2D eigenvalue weighted by atomic mass is 35.5. The summed E-state index contributed by atoms with van der Waals surface area (Å²) in [6, 6.07) is 7.39. The van der Waals surface area contributed by atoms with Gasteiger partial charge in [0.2, 0.25) is 17.7 Å². The van der Waals surface area contributed by atoms with Gasteiger partial charge in [-0.25, -0.2) is 4.98 Å². The van der Waals surface area contributed by atoms with Crippen molar-refractivity contribution in [3.05, 3.63) is 47.1 Å². The summed E-state index contributed by atoms with van der Waals surface area (Å²) in [4.78, 5) is 43.6. The van der Waals surface area contributed by atoms with Crippen LogP contribution in [-0.2, 0) is 20.6 Å². The minimum atomic E-state index is -4.52. The SMILES string of the molecule is O=C(Nc1ccc(N2C(=O)CCCC2=O)cc1)C1CCN(c2ncc(C(F)(F)F)cc2Cl)CC1. The van der Waals surface area contributed by atoms with E-state index in [-0.39, 0.29) is 34.5 Å². The second kappa shape index (κ2) is 9.61. The van der Waals surface area contributed by atoms with Gasteiger partial charge in [-0.05, 0) is 49.6 Å². The zero-order valence-corrected chi connectivity index (χ0v) is 18.8. The van der Waals surface area contributed by atoms with Crippen LogP contribution < -0.4 is 15.1 Å². The van der Waals surface area contributed by atoms with E-state index in [0.29, 0.717) is 56.6 Å². The van der Waals surface area contributed by atoms with Crippen molar-refractivity contribution in [3.8, 4) is 0 Å². The summed E-state index contributed by atoms with van der Waals surface area (Å²) >= 11 is 6.03.